The van der Waals surface area contributed by atoms with Crippen LogP contribution in [0.2, 0.25) is 0 Å². The SMILES string of the molecule is CCCC(C)(C)C.CN=C(C1=Cc2ccc(OC3CCC3)cc2NC1)/C(C)=C(\C)N.NC=O. The summed E-state index contributed by atoms with van der Waals surface area (Å²) in [5.41, 5.74) is 16.9. The van der Waals surface area contributed by atoms with Gasteiger partial charge >= 0.3 is 0 Å². The normalized spacial score (nSPS) is 16.2. The largest absolute Gasteiger partial charge is 0.490 e. The van der Waals surface area contributed by atoms with E-state index in [0.29, 0.717) is 11.5 Å². The van der Waals surface area contributed by atoms with Gasteiger partial charge in [-0.15, -0.1) is 0 Å². The van der Waals surface area contributed by atoms with Crippen LogP contribution < -0.4 is 21.5 Å². The number of nitrogens with zero attached hydrogens (tertiary/aromatic N) is 1. The van der Waals surface area contributed by atoms with Gasteiger partial charge in [-0.2, -0.15) is 0 Å². The molecule has 1 aromatic carbocycles. The number of hydrogen-bond acceptors (Lipinski definition) is 5. The second kappa shape index (κ2) is 13.7. The van der Waals surface area contributed by atoms with Gasteiger partial charge in [0.1, 0.15) is 5.75 Å². The van der Waals surface area contributed by atoms with Gasteiger partial charge in [-0.3, -0.25) is 9.79 Å². The summed E-state index contributed by atoms with van der Waals surface area (Å²) in [6.45, 7) is 13.7. The Hall–Kier alpha value is -2.76. The van der Waals surface area contributed by atoms with Crippen LogP contribution in [0.1, 0.15) is 79.2 Å². The fraction of sp³-hybridized carbons (Fsp3) is 0.556. The first-order chi connectivity index (χ1) is 15.6. The minimum absolute atomic E-state index is 0.250. The fourth-order valence-corrected chi connectivity index (χ4v) is 3.64. The maximum Gasteiger partial charge on any atom is 0.204 e. The molecule has 0 bridgehead atoms. The topological polar surface area (TPSA) is 103 Å². The van der Waals surface area contributed by atoms with Gasteiger partial charge in [0.2, 0.25) is 6.41 Å². The van der Waals surface area contributed by atoms with E-state index in [9.17, 15) is 0 Å². The molecule has 1 fully saturated rings. The predicted octanol–water partition coefficient (Wildman–Crippen LogP) is 5.68. The van der Waals surface area contributed by atoms with Crippen LogP contribution in [0.15, 0.2) is 40.0 Å². The number of hydrogen-bond donors (Lipinski definition) is 3. The van der Waals surface area contributed by atoms with Crippen molar-refractivity contribution >= 4 is 23.9 Å². The summed E-state index contributed by atoms with van der Waals surface area (Å²) in [6.07, 6.45) is 9.13. The number of primary amides is 1. The number of anilines is 1. The molecular formula is C27H44N4O2. The molecule has 1 amide bonds. The molecule has 0 saturated heterocycles. The molecule has 2 aliphatic rings. The highest BCUT2D eigenvalue weighted by Crippen LogP contribution is 2.32. The summed E-state index contributed by atoms with van der Waals surface area (Å²) in [7, 11) is 1.81. The Morgan fingerprint density at radius 2 is 1.91 bits per heavy atom. The molecule has 184 valence electrons. The number of rotatable bonds is 5. The number of aliphatic imine (C=N–C) groups is 1. The van der Waals surface area contributed by atoms with Crippen molar-refractivity contribution in [3.8, 4) is 5.75 Å². The standard InChI is InChI=1S/C19H25N3O.C7H16.CH3NO/c1-12(13(2)20)19(21-3)15-9-14-7-8-17(10-18(14)22-11-15)23-16-5-4-6-16;1-5-6-7(2,3)4;2-1-3/h7-10,16,22H,4-6,11,20H2,1-3H3;5-6H2,1-4H3;1H,(H2,2,3)/b13-12+,21-19?;;. The smallest absolute Gasteiger partial charge is 0.204 e. The number of benzene rings is 1. The number of ether oxygens (including phenoxy) is 1. The van der Waals surface area contributed by atoms with E-state index in [1.54, 1.807) is 0 Å². The maximum atomic E-state index is 8.58. The van der Waals surface area contributed by atoms with Crippen LogP contribution in [-0.4, -0.2) is 31.8 Å². The first-order valence-corrected chi connectivity index (χ1v) is 11.9. The summed E-state index contributed by atoms with van der Waals surface area (Å²) in [6, 6.07) is 6.26. The zero-order valence-electron chi connectivity index (χ0n) is 21.6. The van der Waals surface area contributed by atoms with E-state index < -0.39 is 0 Å². The number of nitrogens with two attached hydrogens (primary N) is 2. The van der Waals surface area contributed by atoms with Crippen LogP contribution in [0.25, 0.3) is 6.08 Å². The van der Waals surface area contributed by atoms with Gasteiger partial charge in [-0.25, -0.2) is 0 Å². The zero-order valence-corrected chi connectivity index (χ0v) is 21.6. The molecule has 1 aliphatic carbocycles. The Labute approximate surface area is 200 Å². The molecule has 0 spiro atoms. The quantitative estimate of drug-likeness (QED) is 0.391. The van der Waals surface area contributed by atoms with Crippen LogP contribution in [0, 0.1) is 5.41 Å². The van der Waals surface area contributed by atoms with Gasteiger partial charge in [-0.05, 0) is 79.9 Å². The highest BCUT2D eigenvalue weighted by atomic mass is 16.5. The van der Waals surface area contributed by atoms with E-state index in [-0.39, 0.29) is 6.41 Å². The molecule has 0 atom stereocenters. The highest BCUT2D eigenvalue weighted by Gasteiger charge is 2.20. The van der Waals surface area contributed by atoms with Crippen molar-refractivity contribution in [3.05, 3.63) is 40.6 Å². The van der Waals surface area contributed by atoms with E-state index in [1.807, 2.05) is 20.9 Å². The van der Waals surface area contributed by atoms with Crippen LogP contribution in [0.4, 0.5) is 5.69 Å². The number of carbonyl (C=O) groups excluding carboxylic acids is 1. The van der Waals surface area contributed by atoms with E-state index >= 15 is 0 Å². The van der Waals surface area contributed by atoms with Crippen LogP contribution in [0.3, 0.4) is 0 Å². The summed E-state index contributed by atoms with van der Waals surface area (Å²) in [5, 5.41) is 3.48. The fourth-order valence-electron chi connectivity index (χ4n) is 3.64. The van der Waals surface area contributed by atoms with Gasteiger partial charge in [-0.1, -0.05) is 34.1 Å². The molecule has 0 unspecified atom stereocenters. The number of nitrogens with one attached hydrogen (secondary N) is 1. The van der Waals surface area contributed by atoms with Gasteiger partial charge < -0.3 is 21.5 Å². The minimum Gasteiger partial charge on any atom is -0.490 e. The van der Waals surface area contributed by atoms with Crippen molar-refractivity contribution in [3.63, 3.8) is 0 Å². The van der Waals surface area contributed by atoms with Crippen molar-refractivity contribution < 1.29 is 9.53 Å². The maximum absolute atomic E-state index is 8.58. The zero-order chi connectivity index (χ0) is 25.0. The lowest BCUT2D eigenvalue weighted by Crippen LogP contribution is -2.24. The molecule has 6 nitrogen and oxygen atoms in total. The van der Waals surface area contributed by atoms with Crippen molar-refractivity contribution in [2.24, 2.45) is 21.9 Å². The lowest BCUT2D eigenvalue weighted by atomic mass is 9.91. The molecule has 33 heavy (non-hydrogen) atoms. The van der Waals surface area contributed by atoms with E-state index in [2.05, 4.69) is 68.0 Å². The van der Waals surface area contributed by atoms with Crippen molar-refractivity contribution in [2.45, 2.75) is 79.8 Å². The second-order valence-electron chi connectivity index (χ2n) is 9.77. The molecule has 0 radical (unpaired) electrons. The lowest BCUT2D eigenvalue weighted by molar-refractivity contribution is -0.106. The molecule has 0 aromatic heterocycles. The van der Waals surface area contributed by atoms with E-state index in [0.717, 1.165) is 46.1 Å². The number of amides is 1. The predicted molar refractivity (Wildman–Crippen MR) is 142 cm³/mol. The first kappa shape index (κ1) is 28.3. The highest BCUT2D eigenvalue weighted by molar-refractivity contribution is 6.16. The summed E-state index contributed by atoms with van der Waals surface area (Å²) in [4.78, 5) is 13.0. The third kappa shape index (κ3) is 9.72. The molecule has 1 aliphatic heterocycles. The Morgan fingerprint density at radius 3 is 2.33 bits per heavy atom. The third-order valence-electron chi connectivity index (χ3n) is 5.65. The van der Waals surface area contributed by atoms with Gasteiger partial charge in [0.25, 0.3) is 0 Å². The Balaban J connectivity index is 0.000000462. The summed E-state index contributed by atoms with van der Waals surface area (Å²) < 4.78 is 5.97. The molecule has 3 rings (SSSR count). The van der Waals surface area contributed by atoms with Crippen LogP contribution in [-0.2, 0) is 4.79 Å². The average Bonchev–Trinajstić information content (AvgIpc) is 2.71. The van der Waals surface area contributed by atoms with E-state index in [1.165, 1.54) is 32.1 Å². The Kier molecular flexibility index (Phi) is 11.7. The number of allylic oxidation sites excluding steroid dienone is 2. The van der Waals surface area contributed by atoms with Crippen molar-refractivity contribution in [2.75, 3.05) is 18.9 Å². The first-order valence-electron chi connectivity index (χ1n) is 11.9. The number of fused-ring (bicyclic) bond motifs is 1. The number of carbonyl (C=O) groups is 1. The van der Waals surface area contributed by atoms with Crippen LogP contribution in [0.5, 0.6) is 5.75 Å². The van der Waals surface area contributed by atoms with Gasteiger partial charge in [0, 0.05) is 31.0 Å². The second-order valence-corrected chi connectivity index (χ2v) is 9.77. The van der Waals surface area contributed by atoms with Gasteiger partial charge in [0.05, 0.1) is 11.8 Å². The Morgan fingerprint density at radius 1 is 1.27 bits per heavy atom. The molecule has 1 aromatic rings. The van der Waals surface area contributed by atoms with Crippen LogP contribution >= 0.6 is 0 Å². The lowest BCUT2D eigenvalue weighted by Gasteiger charge is -2.27. The third-order valence-corrected chi connectivity index (χ3v) is 5.65. The summed E-state index contributed by atoms with van der Waals surface area (Å²) in [5.74, 6) is 0.955. The molecule has 1 saturated carbocycles. The molecule has 1 heterocycles. The van der Waals surface area contributed by atoms with Crippen molar-refractivity contribution in [1.29, 1.82) is 0 Å². The molecule has 6 heteroatoms. The summed E-state index contributed by atoms with van der Waals surface area (Å²) >= 11 is 0. The minimum atomic E-state index is 0.250. The molecule has 5 N–H and O–H groups in total. The average molecular weight is 457 g/mol. The van der Waals surface area contributed by atoms with Gasteiger partial charge in [0.15, 0.2) is 0 Å². The van der Waals surface area contributed by atoms with Crippen molar-refractivity contribution in [1.82, 2.24) is 0 Å². The van der Waals surface area contributed by atoms with E-state index in [4.69, 9.17) is 15.3 Å². The monoisotopic (exact) mass is 456 g/mol. The Bertz CT molecular complexity index is 855. The molecular weight excluding hydrogens is 412 g/mol.